The number of benzene rings is 5. The van der Waals surface area contributed by atoms with Crippen molar-refractivity contribution in [3.8, 4) is 0 Å². The maximum absolute atomic E-state index is 4.78. The van der Waals surface area contributed by atoms with Gasteiger partial charge in [0.2, 0.25) is 0 Å². The highest BCUT2D eigenvalue weighted by atomic mass is 14.9. The van der Waals surface area contributed by atoms with Crippen LogP contribution in [0, 0.1) is 44.8 Å². The summed E-state index contributed by atoms with van der Waals surface area (Å²) in [5.74, 6) is 1.95. The Morgan fingerprint density at radius 3 is 1.43 bits per heavy atom. The average molecular weight is 711 g/mol. The van der Waals surface area contributed by atoms with Crippen LogP contribution in [0.15, 0.2) is 164 Å². The zero-order valence-corrected chi connectivity index (χ0v) is 33.8. The van der Waals surface area contributed by atoms with E-state index in [0.717, 1.165) is 12.8 Å². The van der Waals surface area contributed by atoms with Crippen LogP contribution < -0.4 is 0 Å². The summed E-state index contributed by atoms with van der Waals surface area (Å²) in [5, 5.41) is 0. The van der Waals surface area contributed by atoms with Gasteiger partial charge in [0.15, 0.2) is 0 Å². The van der Waals surface area contributed by atoms with Crippen molar-refractivity contribution < 1.29 is 0 Å². The highest BCUT2D eigenvalue weighted by Gasteiger charge is 2.83. The molecule has 0 nitrogen and oxygen atoms in total. The predicted molar refractivity (Wildman–Crippen MR) is 229 cm³/mol. The minimum atomic E-state index is -0.434. The Labute approximate surface area is 327 Å². The highest BCUT2D eigenvalue weighted by molar-refractivity contribution is 5.58. The van der Waals surface area contributed by atoms with Crippen LogP contribution in [-0.2, 0) is 5.41 Å². The summed E-state index contributed by atoms with van der Waals surface area (Å²) < 4.78 is 0. The van der Waals surface area contributed by atoms with Crippen molar-refractivity contribution in [3.63, 3.8) is 0 Å². The fourth-order valence-corrected chi connectivity index (χ4v) is 14.7. The Bertz CT molecular complexity index is 1880. The molecule has 5 aromatic carbocycles. The Kier molecular flexibility index (Phi) is 9.23. The standard InChI is InChI=1S/C54H62/c1-8-35-52(47(41-25-15-10-16-26-41)42-27-17-11-18-28-42)51(37-40-36-43(39-51)48(49(3,4)5)53(52,38-40)50(6,7)9-2)54(44-29-19-12-20-30-44,45-31-21-13-22-32-45)46-33-23-14-24-34-46/h8,10-34,40,43,47-48H,1,9,35-39H2,2-7H3. The zero-order valence-electron chi connectivity index (χ0n) is 33.8. The molecule has 278 valence electrons. The van der Waals surface area contributed by atoms with Gasteiger partial charge in [-0.15, -0.1) is 6.58 Å². The van der Waals surface area contributed by atoms with E-state index in [1.54, 1.807) is 0 Å². The van der Waals surface area contributed by atoms with Crippen molar-refractivity contribution in [2.45, 2.75) is 91.4 Å². The molecule has 9 rings (SSSR count). The van der Waals surface area contributed by atoms with Gasteiger partial charge in [-0.3, -0.25) is 0 Å². The molecular weight excluding hydrogens is 649 g/mol. The lowest BCUT2D eigenvalue weighted by Gasteiger charge is -2.85. The molecule has 0 aliphatic heterocycles. The molecule has 0 heteroatoms. The molecule has 54 heavy (non-hydrogen) atoms. The van der Waals surface area contributed by atoms with Gasteiger partial charge in [-0.1, -0.05) is 206 Å². The van der Waals surface area contributed by atoms with Crippen molar-refractivity contribution in [1.82, 2.24) is 0 Å². The molecule has 0 heterocycles. The van der Waals surface area contributed by atoms with Gasteiger partial charge in [0.1, 0.15) is 0 Å². The summed E-state index contributed by atoms with van der Waals surface area (Å²) in [5.41, 5.74) is 6.43. The van der Waals surface area contributed by atoms with Crippen molar-refractivity contribution in [2.24, 2.45) is 44.8 Å². The second-order valence-electron chi connectivity index (χ2n) is 19.2. The lowest BCUT2D eigenvalue weighted by atomic mass is 9.18. The highest BCUT2D eigenvalue weighted by Crippen LogP contribution is 2.89. The molecule has 0 amide bonds. The number of allylic oxidation sites excluding steroid dienone is 1. The third-order valence-electron chi connectivity index (χ3n) is 15.7. The first kappa shape index (κ1) is 36.8. The van der Waals surface area contributed by atoms with Crippen LogP contribution in [0.4, 0.5) is 0 Å². The molecule has 0 radical (unpaired) electrons. The molecule has 0 N–H and O–H groups in total. The van der Waals surface area contributed by atoms with E-state index in [2.05, 4.69) is 199 Å². The minimum Gasteiger partial charge on any atom is -0.103 e. The number of hydrogen-bond acceptors (Lipinski definition) is 0. The Morgan fingerprint density at radius 1 is 0.611 bits per heavy atom. The maximum atomic E-state index is 4.78. The number of hydrogen-bond donors (Lipinski definition) is 0. The fourth-order valence-electron chi connectivity index (χ4n) is 14.7. The Balaban J connectivity index is 1.67. The maximum Gasteiger partial charge on any atom is 0.0513 e. The smallest absolute Gasteiger partial charge is 0.0513 e. The van der Waals surface area contributed by atoms with Gasteiger partial charge in [0, 0.05) is 5.92 Å². The van der Waals surface area contributed by atoms with Crippen molar-refractivity contribution in [1.29, 1.82) is 0 Å². The molecule has 4 aliphatic carbocycles. The van der Waals surface area contributed by atoms with Crippen LogP contribution in [0.5, 0.6) is 0 Å². The van der Waals surface area contributed by atoms with Gasteiger partial charge >= 0.3 is 0 Å². The topological polar surface area (TPSA) is 0 Å². The van der Waals surface area contributed by atoms with E-state index in [0.29, 0.717) is 17.8 Å². The van der Waals surface area contributed by atoms with Gasteiger partial charge in [0.25, 0.3) is 0 Å². The van der Waals surface area contributed by atoms with Gasteiger partial charge in [-0.25, -0.2) is 0 Å². The van der Waals surface area contributed by atoms with Crippen LogP contribution >= 0.6 is 0 Å². The molecule has 0 spiro atoms. The second-order valence-corrected chi connectivity index (χ2v) is 19.2. The molecule has 4 aliphatic rings. The van der Waals surface area contributed by atoms with Gasteiger partial charge in [0.05, 0.1) is 5.41 Å². The molecule has 4 fully saturated rings. The van der Waals surface area contributed by atoms with Crippen LogP contribution in [-0.4, -0.2) is 0 Å². The Morgan fingerprint density at radius 2 is 1.04 bits per heavy atom. The summed E-state index contributed by atoms with van der Waals surface area (Å²) in [6.45, 7) is 20.4. The van der Waals surface area contributed by atoms with Gasteiger partial charge < -0.3 is 0 Å². The van der Waals surface area contributed by atoms with Crippen LogP contribution in [0.1, 0.15) is 114 Å². The number of rotatable bonds is 11. The van der Waals surface area contributed by atoms with Gasteiger partial charge in [-0.05, 0) is 105 Å². The fraction of sp³-hybridized carbons (Fsp3) is 0.407. The minimum absolute atomic E-state index is 0.0226. The quantitative estimate of drug-likeness (QED) is 0.0946. The molecule has 5 aromatic rings. The van der Waals surface area contributed by atoms with Crippen LogP contribution in [0.3, 0.4) is 0 Å². The van der Waals surface area contributed by atoms with Gasteiger partial charge in [-0.2, -0.15) is 0 Å². The molecular formula is C54H62. The first-order valence-electron chi connectivity index (χ1n) is 20.9. The molecule has 0 aromatic heterocycles. The SMILES string of the molecule is C=CCC1(C(c2ccccc2)c2ccccc2)C2(C(c3ccccc3)(c3ccccc3)c3ccccc3)CC3CC(C2)C(C(C)(C)C)C1(C(C)(C)CC)C3. The van der Waals surface area contributed by atoms with E-state index in [1.165, 1.54) is 53.5 Å². The lowest BCUT2D eigenvalue weighted by molar-refractivity contribution is -0.338. The molecule has 4 saturated carbocycles. The summed E-state index contributed by atoms with van der Waals surface area (Å²) in [6, 6.07) is 58.9. The third-order valence-corrected chi connectivity index (χ3v) is 15.7. The average Bonchev–Trinajstić information content (AvgIpc) is 3.18. The van der Waals surface area contributed by atoms with Crippen LogP contribution in [0.25, 0.3) is 0 Å². The van der Waals surface area contributed by atoms with Crippen molar-refractivity contribution in [2.75, 3.05) is 0 Å². The van der Waals surface area contributed by atoms with E-state index in [-0.39, 0.29) is 33.0 Å². The largest absolute Gasteiger partial charge is 0.103 e. The van der Waals surface area contributed by atoms with Crippen LogP contribution in [0.2, 0.25) is 0 Å². The summed E-state index contributed by atoms with van der Waals surface area (Å²) in [7, 11) is 0. The van der Waals surface area contributed by atoms with E-state index >= 15 is 0 Å². The first-order valence-corrected chi connectivity index (χ1v) is 20.9. The van der Waals surface area contributed by atoms with Crippen molar-refractivity contribution in [3.05, 3.63) is 192 Å². The lowest BCUT2D eigenvalue weighted by Crippen LogP contribution is -2.79. The summed E-state index contributed by atoms with van der Waals surface area (Å²) in [6.07, 6.45) is 9.46. The van der Waals surface area contributed by atoms with E-state index in [1.807, 2.05) is 0 Å². The molecule has 0 saturated heterocycles. The third kappa shape index (κ3) is 4.93. The molecule has 4 bridgehead atoms. The summed E-state index contributed by atoms with van der Waals surface area (Å²) >= 11 is 0. The zero-order chi connectivity index (χ0) is 37.8. The Hall–Kier alpha value is -4.16. The van der Waals surface area contributed by atoms with E-state index in [9.17, 15) is 0 Å². The normalized spacial score (nSPS) is 27.9. The molecule has 6 unspecified atom stereocenters. The molecule has 6 atom stereocenters. The monoisotopic (exact) mass is 710 g/mol. The first-order chi connectivity index (χ1) is 26.0. The predicted octanol–water partition coefficient (Wildman–Crippen LogP) is 14.3. The van der Waals surface area contributed by atoms with Crippen molar-refractivity contribution >= 4 is 0 Å². The van der Waals surface area contributed by atoms with E-state index in [4.69, 9.17) is 6.58 Å². The van der Waals surface area contributed by atoms with E-state index < -0.39 is 5.41 Å². The summed E-state index contributed by atoms with van der Waals surface area (Å²) in [4.78, 5) is 0. The second kappa shape index (κ2) is 13.5.